The van der Waals surface area contributed by atoms with Crippen LogP contribution in [0.1, 0.15) is 86.5 Å². The van der Waals surface area contributed by atoms with E-state index in [9.17, 15) is 17.6 Å². The maximum atomic E-state index is 13.6. The van der Waals surface area contributed by atoms with Crippen LogP contribution in [0.15, 0.2) is 147 Å². The summed E-state index contributed by atoms with van der Waals surface area (Å²) in [4.78, 5) is 44.2. The zero-order chi connectivity index (χ0) is 83.5. The Hall–Kier alpha value is -11.7. The molecule has 0 spiro atoms. The van der Waals surface area contributed by atoms with Crippen molar-refractivity contribution in [2.45, 2.75) is 91.9 Å². The van der Waals surface area contributed by atoms with Crippen LogP contribution in [-0.4, -0.2) is 195 Å². The predicted octanol–water partition coefficient (Wildman–Crippen LogP) is 18.5. The second kappa shape index (κ2) is 43.5. The maximum absolute atomic E-state index is 13.6. The van der Waals surface area contributed by atoms with Gasteiger partial charge in [-0.1, -0.05) is 0 Å². The van der Waals surface area contributed by atoms with Crippen molar-refractivity contribution < 1.29 is 55.5 Å². The second-order valence-corrected chi connectivity index (χ2v) is 29.5. The molecule has 0 radical (unpaired) electrons. The number of hydrogen-bond donors (Lipinski definition) is 4. The third-order valence-electron chi connectivity index (χ3n) is 20.0. The second-order valence-electron chi connectivity index (χ2n) is 29.5. The van der Waals surface area contributed by atoms with Crippen molar-refractivity contribution in [3.05, 3.63) is 192 Å². The van der Waals surface area contributed by atoms with Crippen molar-refractivity contribution in [3.63, 3.8) is 0 Å². The Balaban J connectivity index is 0.000000154. The van der Waals surface area contributed by atoms with Gasteiger partial charge >= 0.3 is 0 Å². The number of rotatable bonds is 34. The molecule has 0 bridgehead atoms. The van der Waals surface area contributed by atoms with Crippen LogP contribution in [0.4, 0.5) is 63.6 Å². The number of nitrogens with zero attached hydrogens (tertiary/aromatic N) is 12. The number of nitrogens with one attached hydrogen (secondary N) is 4. The zero-order valence-electron chi connectivity index (χ0n) is 69.6. The lowest BCUT2D eigenvalue weighted by Crippen LogP contribution is -2.21. The number of halogens is 4. The summed E-state index contributed by atoms with van der Waals surface area (Å²) in [6, 6.07) is 34.4. The van der Waals surface area contributed by atoms with Gasteiger partial charge in [0.2, 0.25) is 0 Å². The largest absolute Gasteiger partial charge is 0.493 e. The summed E-state index contributed by atoms with van der Waals surface area (Å²) < 4.78 is 100. The number of aromatic nitrogens is 8. The summed E-state index contributed by atoms with van der Waals surface area (Å²) in [6.07, 6.45) is 17.3. The van der Waals surface area contributed by atoms with Gasteiger partial charge in [-0.05, 0) is 279 Å². The molecule has 14 rings (SSSR count). The Bertz CT molecular complexity index is 5290. The summed E-state index contributed by atoms with van der Waals surface area (Å²) in [6.45, 7) is 18.4. The third kappa shape index (κ3) is 24.7. The summed E-state index contributed by atoms with van der Waals surface area (Å²) in [7, 11) is 14.7. The molecule has 28 heteroatoms. The molecule has 2 fully saturated rings. The molecular formula is C90H108F4N16O8. The SMILES string of the molecule is COc1cc2c(Nc3ccc(F)c(C)c3)ncnc2cc1OCCCCN(C)C.COc1cc2c(Nc3ccc(F)c(C)c3)ncnc2cc1OCCCCN1CCCC1.COc1cc2c(Nc3ccc(F)c(C)c3)ncnc2cc1OCCCN(C)C.COc1cc2c(Nc3ccc(F)c(C)c3)ncnc2cc1OCCCN1CCCC1. The van der Waals surface area contributed by atoms with Gasteiger partial charge in [-0.25, -0.2) is 57.4 Å². The van der Waals surface area contributed by atoms with E-state index >= 15 is 0 Å². The molecule has 2 aliphatic rings. The van der Waals surface area contributed by atoms with E-state index in [0.29, 0.717) is 118 Å². The van der Waals surface area contributed by atoms with Crippen LogP contribution in [-0.2, 0) is 0 Å². The van der Waals surface area contributed by atoms with Crippen LogP contribution >= 0.6 is 0 Å². The summed E-state index contributed by atoms with van der Waals surface area (Å²) in [5.41, 5.74) is 8.28. The van der Waals surface area contributed by atoms with Gasteiger partial charge in [-0.3, -0.25) is 0 Å². The molecule has 0 atom stereocenters. The number of ether oxygens (including phenoxy) is 8. The molecule has 2 aliphatic heterocycles. The molecule has 4 aromatic heterocycles. The fourth-order valence-electron chi connectivity index (χ4n) is 13.6. The Morgan fingerprint density at radius 3 is 0.856 bits per heavy atom. The average Bonchev–Trinajstić information content (AvgIpc) is 0.892. The van der Waals surface area contributed by atoms with Gasteiger partial charge in [0.15, 0.2) is 46.0 Å². The van der Waals surface area contributed by atoms with E-state index in [0.717, 1.165) is 131 Å². The van der Waals surface area contributed by atoms with Crippen LogP contribution in [0.25, 0.3) is 43.6 Å². The number of benzene rings is 8. The summed E-state index contributed by atoms with van der Waals surface area (Å²) >= 11 is 0. The lowest BCUT2D eigenvalue weighted by atomic mass is 10.2. The third-order valence-corrected chi connectivity index (χ3v) is 20.0. The van der Waals surface area contributed by atoms with E-state index in [1.165, 1.54) is 101 Å². The lowest BCUT2D eigenvalue weighted by Gasteiger charge is -2.16. The maximum Gasteiger partial charge on any atom is 0.163 e. The van der Waals surface area contributed by atoms with Crippen molar-refractivity contribution in [3.8, 4) is 46.0 Å². The first kappa shape index (κ1) is 87.1. The standard InChI is InChI=1S/C24H29FN4O2.C23H27FN4O2.C22H27FN4O2.C21H25FN4O2/c1-17-13-18(7-8-20(17)25)28-24-19-14-22(30-2)23(15-21(19)26-16-27-24)31-12-6-5-11-29-9-3-4-10-29;1-16-12-17(6-7-19(16)24)27-23-18-13-21(29-2)22(14-20(18)25-15-26-23)30-11-5-10-28-8-3-4-9-28;1-15-11-16(7-8-18(15)23)26-22-17-12-20(28-4)21(13-19(17)24-14-25-22)29-10-6-5-9-27(2)3;1-14-10-15(6-7-17(14)22)25-21-16-11-19(27-4)20(12-18(16)23-13-24-21)28-9-5-8-26(2)3/h7-8,13-16H,3-6,9-12H2,1-2H3,(H,26,27,28);6-7,12-15H,3-5,8-11H2,1-2H3,(H,25,26,27);7-8,11-14H,5-6,9-10H2,1-4H3,(H,24,25,26);6-7,10-13H,5,8-9H2,1-4H3,(H,23,24,25). The van der Waals surface area contributed by atoms with Crippen molar-refractivity contribution >= 4 is 89.6 Å². The molecule has 118 heavy (non-hydrogen) atoms. The molecule has 624 valence electrons. The number of methoxy groups -OCH3 is 4. The molecule has 8 aromatic carbocycles. The number of aryl methyl sites for hydroxylation is 4. The minimum absolute atomic E-state index is 0.234. The predicted molar refractivity (Wildman–Crippen MR) is 460 cm³/mol. The highest BCUT2D eigenvalue weighted by Crippen LogP contribution is 2.40. The van der Waals surface area contributed by atoms with Crippen LogP contribution < -0.4 is 59.2 Å². The van der Waals surface area contributed by atoms with E-state index in [1.807, 2.05) is 62.6 Å². The Morgan fingerprint density at radius 2 is 0.576 bits per heavy atom. The van der Waals surface area contributed by atoms with Crippen molar-refractivity contribution in [2.75, 3.05) is 157 Å². The topological polar surface area (TPSA) is 238 Å². The Kier molecular flexibility index (Phi) is 32.1. The molecular weight excluding hydrogens is 1510 g/mol. The minimum Gasteiger partial charge on any atom is -0.493 e. The van der Waals surface area contributed by atoms with E-state index < -0.39 is 0 Å². The van der Waals surface area contributed by atoms with Crippen LogP contribution in [0.2, 0.25) is 0 Å². The van der Waals surface area contributed by atoms with Gasteiger partial charge < -0.3 is 78.8 Å². The van der Waals surface area contributed by atoms with Gasteiger partial charge in [-0.15, -0.1) is 0 Å². The monoisotopic (exact) mass is 1620 g/mol. The molecule has 12 aromatic rings. The zero-order valence-corrected chi connectivity index (χ0v) is 69.6. The van der Waals surface area contributed by atoms with E-state index in [4.69, 9.17) is 37.9 Å². The Morgan fingerprint density at radius 1 is 0.314 bits per heavy atom. The van der Waals surface area contributed by atoms with Crippen LogP contribution in [0.5, 0.6) is 46.0 Å². The van der Waals surface area contributed by atoms with Gasteiger partial charge in [-0.2, -0.15) is 0 Å². The number of hydrogen-bond acceptors (Lipinski definition) is 24. The molecule has 2 saturated heterocycles. The molecule has 6 heterocycles. The molecule has 4 N–H and O–H groups in total. The number of unbranched alkanes of at least 4 members (excludes halogenated alkanes) is 2. The highest BCUT2D eigenvalue weighted by molar-refractivity contribution is 5.96. The number of likely N-dealkylation sites (tertiary alicyclic amines) is 2. The Labute approximate surface area is 688 Å². The first-order valence-corrected chi connectivity index (χ1v) is 39.9. The highest BCUT2D eigenvalue weighted by Gasteiger charge is 2.20. The highest BCUT2D eigenvalue weighted by atomic mass is 19.1. The molecule has 0 saturated carbocycles. The van der Waals surface area contributed by atoms with E-state index in [1.54, 1.807) is 105 Å². The van der Waals surface area contributed by atoms with Crippen molar-refractivity contribution in [1.82, 2.24) is 59.5 Å². The molecule has 24 nitrogen and oxygen atoms in total. The number of anilines is 8. The first-order chi connectivity index (χ1) is 57.2. The minimum atomic E-state index is -0.240. The fourth-order valence-corrected chi connectivity index (χ4v) is 13.6. The fraction of sp³-hybridized carbons (Fsp3) is 0.378. The van der Waals surface area contributed by atoms with Gasteiger partial charge in [0.25, 0.3) is 0 Å². The van der Waals surface area contributed by atoms with Gasteiger partial charge in [0.05, 0.1) is 76.9 Å². The number of fused-ring (bicyclic) bond motifs is 4. The smallest absolute Gasteiger partial charge is 0.163 e. The lowest BCUT2D eigenvalue weighted by molar-refractivity contribution is 0.254. The molecule has 0 aliphatic carbocycles. The first-order valence-electron chi connectivity index (χ1n) is 39.9. The van der Waals surface area contributed by atoms with Crippen LogP contribution in [0, 0.1) is 51.0 Å². The summed E-state index contributed by atoms with van der Waals surface area (Å²) in [5, 5.41) is 16.2. The van der Waals surface area contributed by atoms with E-state index in [-0.39, 0.29) is 23.3 Å². The van der Waals surface area contributed by atoms with Crippen molar-refractivity contribution in [2.24, 2.45) is 0 Å². The van der Waals surface area contributed by atoms with Gasteiger partial charge in [0.1, 0.15) is 71.8 Å². The van der Waals surface area contributed by atoms with Gasteiger partial charge in [0, 0.05) is 81.6 Å². The molecule has 0 unspecified atom stereocenters. The normalized spacial score (nSPS) is 12.7. The molecule has 0 amide bonds. The quantitative estimate of drug-likeness (QED) is 0.0217. The average molecular weight is 1620 g/mol. The van der Waals surface area contributed by atoms with Crippen LogP contribution in [0.3, 0.4) is 0 Å². The summed E-state index contributed by atoms with van der Waals surface area (Å²) in [5.74, 6) is 6.73. The van der Waals surface area contributed by atoms with E-state index in [2.05, 4.69) is 94.8 Å². The van der Waals surface area contributed by atoms with Crippen molar-refractivity contribution in [1.29, 1.82) is 0 Å².